The number of carbonyl (C=O) groups excluding carboxylic acids is 1. The third-order valence-corrected chi connectivity index (χ3v) is 3.66. The van der Waals surface area contributed by atoms with E-state index in [1.807, 2.05) is 18.2 Å². The molecule has 2 aromatic rings. The minimum absolute atomic E-state index is 0.0385. The number of carboxylic acids is 1. The lowest BCUT2D eigenvalue weighted by molar-refractivity contribution is -0.105. The van der Waals surface area contributed by atoms with Gasteiger partial charge in [0.1, 0.15) is 0 Å². The minimum Gasteiger partial charge on any atom is -0.478 e. The highest BCUT2D eigenvalue weighted by Gasteiger charge is 2.11. The first-order valence-electron chi connectivity index (χ1n) is 5.71. The Kier molecular flexibility index (Phi) is 4.27. The molecular formula is C14H12N2O3S. The molecule has 0 aliphatic rings. The average molecular weight is 288 g/mol. The van der Waals surface area contributed by atoms with Crippen LogP contribution in [0.1, 0.15) is 10.4 Å². The maximum absolute atomic E-state index is 11.2. The molecule has 4 N–H and O–H groups in total. The molecule has 0 aromatic heterocycles. The van der Waals surface area contributed by atoms with Gasteiger partial charge in [-0.15, -0.1) is 0 Å². The van der Waals surface area contributed by atoms with Crippen molar-refractivity contribution in [2.75, 3.05) is 11.1 Å². The Bertz CT molecular complexity index is 659. The lowest BCUT2D eigenvalue weighted by Gasteiger charge is -2.08. The number of aromatic carboxylic acids is 1. The number of hydrogen-bond donors (Lipinski definition) is 3. The smallest absolute Gasteiger partial charge is 0.337 e. The molecule has 0 bridgehead atoms. The van der Waals surface area contributed by atoms with Gasteiger partial charge in [0.05, 0.1) is 11.3 Å². The van der Waals surface area contributed by atoms with Crippen LogP contribution in [0.25, 0.3) is 0 Å². The zero-order valence-corrected chi connectivity index (χ0v) is 11.2. The molecule has 0 atom stereocenters. The molecule has 1 amide bonds. The van der Waals surface area contributed by atoms with E-state index in [2.05, 4.69) is 5.32 Å². The first-order valence-corrected chi connectivity index (χ1v) is 6.53. The molecule has 0 unspecified atom stereocenters. The lowest BCUT2D eigenvalue weighted by atomic mass is 10.2. The van der Waals surface area contributed by atoms with Gasteiger partial charge in [-0.25, -0.2) is 4.79 Å². The average Bonchev–Trinajstić information content (AvgIpc) is 2.43. The summed E-state index contributed by atoms with van der Waals surface area (Å²) in [6.45, 7) is 0. The van der Waals surface area contributed by atoms with Crippen LogP contribution in [0.2, 0.25) is 0 Å². The van der Waals surface area contributed by atoms with E-state index in [0.717, 1.165) is 9.79 Å². The molecule has 2 rings (SSSR count). The highest BCUT2D eigenvalue weighted by atomic mass is 32.2. The van der Waals surface area contributed by atoms with Crippen LogP contribution >= 0.6 is 11.8 Å². The van der Waals surface area contributed by atoms with Crippen LogP contribution in [0.3, 0.4) is 0 Å². The first-order chi connectivity index (χ1) is 9.61. The van der Waals surface area contributed by atoms with Gasteiger partial charge < -0.3 is 16.2 Å². The summed E-state index contributed by atoms with van der Waals surface area (Å²) >= 11 is 1.37. The second-order valence-electron chi connectivity index (χ2n) is 3.91. The third-order valence-electron chi connectivity index (χ3n) is 2.58. The summed E-state index contributed by atoms with van der Waals surface area (Å²) in [6, 6.07) is 12.1. The van der Waals surface area contributed by atoms with Crippen LogP contribution in [0.15, 0.2) is 52.3 Å². The zero-order valence-electron chi connectivity index (χ0n) is 10.4. The van der Waals surface area contributed by atoms with Crippen LogP contribution in [0, 0.1) is 0 Å². The molecule has 0 aliphatic heterocycles. The molecule has 0 saturated carbocycles. The van der Waals surface area contributed by atoms with Gasteiger partial charge in [-0.1, -0.05) is 23.9 Å². The summed E-state index contributed by atoms with van der Waals surface area (Å²) in [5.74, 6) is -1.10. The van der Waals surface area contributed by atoms with Gasteiger partial charge in [0.2, 0.25) is 6.41 Å². The molecule has 0 heterocycles. The van der Waals surface area contributed by atoms with Gasteiger partial charge >= 0.3 is 5.97 Å². The van der Waals surface area contributed by atoms with E-state index in [0.29, 0.717) is 12.1 Å². The topological polar surface area (TPSA) is 92.4 Å². The summed E-state index contributed by atoms with van der Waals surface area (Å²) < 4.78 is 0. The van der Waals surface area contributed by atoms with Crippen molar-refractivity contribution in [3.05, 3.63) is 48.0 Å². The molecule has 0 spiro atoms. The van der Waals surface area contributed by atoms with Gasteiger partial charge in [0.15, 0.2) is 0 Å². The Morgan fingerprint density at radius 2 is 2.00 bits per heavy atom. The number of hydrogen-bond acceptors (Lipinski definition) is 4. The van der Waals surface area contributed by atoms with E-state index in [1.165, 1.54) is 17.8 Å². The fourth-order valence-electron chi connectivity index (χ4n) is 1.65. The van der Waals surface area contributed by atoms with Crippen molar-refractivity contribution in [3.63, 3.8) is 0 Å². The quantitative estimate of drug-likeness (QED) is 0.581. The maximum atomic E-state index is 11.2. The van der Waals surface area contributed by atoms with Gasteiger partial charge in [-0.2, -0.15) is 0 Å². The van der Waals surface area contributed by atoms with E-state index in [4.69, 9.17) is 10.8 Å². The highest BCUT2D eigenvalue weighted by Crippen LogP contribution is 2.33. The number of nitrogens with two attached hydrogens (primary N) is 1. The van der Waals surface area contributed by atoms with E-state index in [9.17, 15) is 9.59 Å². The molecule has 0 saturated heterocycles. The first kappa shape index (κ1) is 14.0. The van der Waals surface area contributed by atoms with E-state index >= 15 is 0 Å². The van der Waals surface area contributed by atoms with Crippen LogP contribution in [-0.4, -0.2) is 17.5 Å². The van der Waals surface area contributed by atoms with Crippen molar-refractivity contribution < 1.29 is 14.7 Å². The fourth-order valence-corrected chi connectivity index (χ4v) is 2.55. The van der Waals surface area contributed by atoms with Crippen molar-refractivity contribution in [1.82, 2.24) is 0 Å². The Morgan fingerprint density at radius 1 is 1.25 bits per heavy atom. The SMILES string of the molecule is Nc1ccccc1Sc1ccc(NC=O)c(C(=O)O)c1. The summed E-state index contributed by atoms with van der Waals surface area (Å²) in [6.07, 6.45) is 0.448. The summed E-state index contributed by atoms with van der Waals surface area (Å²) in [4.78, 5) is 23.2. The standard InChI is InChI=1S/C14H12N2O3S/c15-11-3-1-2-4-13(11)20-9-5-6-12(16-8-17)10(7-9)14(18)19/h1-8H,15H2,(H,16,17)(H,18,19). The van der Waals surface area contributed by atoms with Crippen molar-refractivity contribution >= 4 is 35.5 Å². The molecule has 0 fully saturated rings. The van der Waals surface area contributed by atoms with E-state index < -0.39 is 5.97 Å². The Labute approximate surface area is 119 Å². The number of rotatable bonds is 5. The largest absolute Gasteiger partial charge is 0.478 e. The molecular weight excluding hydrogens is 276 g/mol. The van der Waals surface area contributed by atoms with Crippen molar-refractivity contribution in [2.24, 2.45) is 0 Å². The number of carboxylic acid groups (broad SMARTS) is 1. The summed E-state index contributed by atoms with van der Waals surface area (Å²) in [5.41, 5.74) is 6.78. The minimum atomic E-state index is -1.10. The van der Waals surface area contributed by atoms with Gasteiger partial charge in [-0.05, 0) is 30.3 Å². The number of anilines is 2. The Hall–Kier alpha value is -2.47. The molecule has 0 aliphatic carbocycles. The van der Waals surface area contributed by atoms with Gasteiger partial charge in [0, 0.05) is 15.5 Å². The second kappa shape index (κ2) is 6.12. The van der Waals surface area contributed by atoms with Crippen LogP contribution in [0.4, 0.5) is 11.4 Å². The second-order valence-corrected chi connectivity index (χ2v) is 5.03. The predicted molar refractivity (Wildman–Crippen MR) is 78.1 cm³/mol. The molecule has 0 radical (unpaired) electrons. The molecule has 20 heavy (non-hydrogen) atoms. The normalized spacial score (nSPS) is 10.0. The summed E-state index contributed by atoms with van der Waals surface area (Å²) in [5, 5.41) is 11.5. The Balaban J connectivity index is 2.34. The van der Waals surface area contributed by atoms with Crippen molar-refractivity contribution in [3.8, 4) is 0 Å². The number of benzene rings is 2. The van der Waals surface area contributed by atoms with Crippen LogP contribution in [-0.2, 0) is 4.79 Å². The number of nitrogen functional groups attached to an aromatic ring is 1. The fraction of sp³-hybridized carbons (Fsp3) is 0. The van der Waals surface area contributed by atoms with Crippen LogP contribution in [0.5, 0.6) is 0 Å². The highest BCUT2D eigenvalue weighted by molar-refractivity contribution is 7.99. The van der Waals surface area contributed by atoms with E-state index in [-0.39, 0.29) is 11.3 Å². The van der Waals surface area contributed by atoms with Gasteiger partial charge in [-0.3, -0.25) is 4.79 Å². The Morgan fingerprint density at radius 3 is 2.65 bits per heavy atom. The zero-order chi connectivity index (χ0) is 14.5. The monoisotopic (exact) mass is 288 g/mol. The number of para-hydroxylation sites is 1. The maximum Gasteiger partial charge on any atom is 0.337 e. The molecule has 5 nitrogen and oxygen atoms in total. The van der Waals surface area contributed by atoms with Crippen molar-refractivity contribution in [1.29, 1.82) is 0 Å². The van der Waals surface area contributed by atoms with E-state index in [1.54, 1.807) is 18.2 Å². The molecule has 102 valence electrons. The van der Waals surface area contributed by atoms with Crippen LogP contribution < -0.4 is 11.1 Å². The number of amides is 1. The summed E-state index contributed by atoms with van der Waals surface area (Å²) in [7, 11) is 0. The van der Waals surface area contributed by atoms with Gasteiger partial charge in [0.25, 0.3) is 0 Å². The van der Waals surface area contributed by atoms with Crippen molar-refractivity contribution in [2.45, 2.75) is 9.79 Å². The molecule has 6 heteroatoms. The molecule has 2 aromatic carbocycles. The number of carbonyl (C=O) groups is 2. The third kappa shape index (κ3) is 3.10. The number of nitrogens with one attached hydrogen (secondary N) is 1. The lowest BCUT2D eigenvalue weighted by Crippen LogP contribution is -2.04. The predicted octanol–water partition coefficient (Wildman–Crippen LogP) is 2.69.